The van der Waals surface area contributed by atoms with Gasteiger partial charge in [-0.05, 0) is 97.1 Å². The third kappa shape index (κ3) is 8.67. The highest BCUT2D eigenvalue weighted by Crippen LogP contribution is 2.64. The van der Waals surface area contributed by atoms with Crippen molar-refractivity contribution in [2.75, 3.05) is 35.2 Å². The standard InChI is InChI=1S/C50H59N11O5S/c1-28-42(67-27-55-28)30-11-9-29(10-12-30)21-52-46(65)40-15-36(62)26-60(40)47(66)43(49(2,3)4)56-45(64)32-19-50(20-32)17-31(18-50)33-22-53-48(54-23-33)61-34-13-14-35(61)25-59(24-34)39-16-38(57-58-44(39)51)37-7-5-6-8-41(37)63/h5-12,16,22-23,27,31-32,34-36,40,43,62-63H,13-15,17-21,24-26H2,1-4H3,(H2,51,58)(H,52,65)(H,56,64)/t31?,32?,34?,35?,36-,40+,43-,50?/m1/s1. The zero-order chi connectivity index (χ0) is 46.8. The van der Waals surface area contributed by atoms with Crippen molar-refractivity contribution >= 4 is 46.5 Å². The highest BCUT2D eigenvalue weighted by molar-refractivity contribution is 7.13. The molecule has 0 radical (unpaired) electrons. The molecule has 5 atom stereocenters. The minimum atomic E-state index is -0.864. The average Bonchev–Trinajstić information content (AvgIpc) is 3.97. The molecule has 2 saturated carbocycles. The number of hydrogen-bond donors (Lipinski definition) is 5. The fourth-order valence-electron chi connectivity index (χ4n) is 11.3. The maximum Gasteiger partial charge on any atom is 0.246 e. The Hall–Kier alpha value is -6.20. The summed E-state index contributed by atoms with van der Waals surface area (Å²) < 4.78 is 0. The number of nitrogens with one attached hydrogen (secondary N) is 2. The number of aromatic nitrogens is 5. The second kappa shape index (κ2) is 17.5. The molecule has 5 aromatic rings. The molecule has 2 unspecified atom stereocenters. The predicted octanol–water partition coefficient (Wildman–Crippen LogP) is 5.59. The maximum absolute atomic E-state index is 14.3. The summed E-state index contributed by atoms with van der Waals surface area (Å²) in [5.74, 6) is 0.555. The number of carbonyl (C=O) groups excluding carboxylic acids is 3. The van der Waals surface area contributed by atoms with E-state index in [9.17, 15) is 24.6 Å². The Kier molecular flexibility index (Phi) is 11.6. The molecule has 5 aliphatic rings. The Morgan fingerprint density at radius 2 is 1.63 bits per heavy atom. The van der Waals surface area contributed by atoms with Crippen LogP contribution >= 0.6 is 11.3 Å². The number of nitrogen functional groups attached to an aromatic ring is 1. The fraction of sp³-hybridized carbons (Fsp3) is 0.480. The van der Waals surface area contributed by atoms with Crippen molar-refractivity contribution in [3.05, 3.63) is 89.3 Å². The zero-order valence-corrected chi connectivity index (χ0v) is 39.2. The zero-order valence-electron chi connectivity index (χ0n) is 38.4. The molecule has 10 rings (SSSR count). The number of phenolic OH excluding ortho intramolecular Hbond substituents is 1. The fourth-order valence-corrected chi connectivity index (χ4v) is 12.1. The number of rotatable bonds is 11. The summed E-state index contributed by atoms with van der Waals surface area (Å²) in [7, 11) is 0. The second-order valence-corrected chi connectivity index (χ2v) is 21.5. The topological polar surface area (TPSA) is 216 Å². The predicted molar refractivity (Wildman–Crippen MR) is 256 cm³/mol. The van der Waals surface area contributed by atoms with Crippen LogP contribution in [0.5, 0.6) is 5.75 Å². The van der Waals surface area contributed by atoms with E-state index < -0.39 is 23.6 Å². The van der Waals surface area contributed by atoms with Gasteiger partial charge in [0, 0.05) is 68.6 Å². The van der Waals surface area contributed by atoms with Crippen LogP contribution < -0.4 is 26.2 Å². The lowest BCUT2D eigenvalue weighted by atomic mass is 9.47. The number of β-amino-alcohol motifs (C(OH)–C–C–N with tert-alkyl or cyclic N) is 1. The Balaban J connectivity index is 0.712. The van der Waals surface area contributed by atoms with Crippen LogP contribution in [0.25, 0.3) is 21.7 Å². The van der Waals surface area contributed by atoms with Crippen molar-refractivity contribution in [2.24, 2.45) is 16.7 Å². The number of benzene rings is 2. The summed E-state index contributed by atoms with van der Waals surface area (Å²) in [5, 5.41) is 35.7. The molecule has 3 saturated heterocycles. The summed E-state index contributed by atoms with van der Waals surface area (Å²) in [6.45, 7) is 9.52. The van der Waals surface area contributed by atoms with Gasteiger partial charge in [0.05, 0.1) is 33.6 Å². The van der Waals surface area contributed by atoms with Crippen LogP contribution in [0, 0.1) is 23.7 Å². The van der Waals surface area contributed by atoms with Crippen molar-refractivity contribution in [1.29, 1.82) is 0 Å². The Bertz CT molecular complexity index is 2640. The van der Waals surface area contributed by atoms with Crippen LogP contribution in [0.1, 0.15) is 88.5 Å². The van der Waals surface area contributed by atoms with Gasteiger partial charge in [0.1, 0.15) is 17.8 Å². The first-order valence-electron chi connectivity index (χ1n) is 23.5. The van der Waals surface area contributed by atoms with Crippen LogP contribution in [-0.2, 0) is 20.9 Å². The number of aryl methyl sites for hydroxylation is 1. The van der Waals surface area contributed by atoms with Gasteiger partial charge in [-0.2, -0.15) is 0 Å². The van der Waals surface area contributed by atoms with Crippen LogP contribution in [-0.4, -0.2) is 108 Å². The number of aliphatic hydroxyl groups is 1. The van der Waals surface area contributed by atoms with Crippen LogP contribution in [0.3, 0.4) is 0 Å². The van der Waals surface area contributed by atoms with Crippen molar-refractivity contribution in [1.82, 2.24) is 40.7 Å². The van der Waals surface area contributed by atoms with Crippen molar-refractivity contribution in [2.45, 2.75) is 115 Å². The average molecular weight is 926 g/mol. The summed E-state index contributed by atoms with van der Waals surface area (Å²) in [4.78, 5) is 63.0. The van der Waals surface area contributed by atoms with Gasteiger partial charge in [-0.3, -0.25) is 14.4 Å². The molecule has 6 heterocycles. The van der Waals surface area contributed by atoms with Gasteiger partial charge in [-0.15, -0.1) is 21.5 Å². The Morgan fingerprint density at radius 3 is 2.28 bits per heavy atom. The normalized spacial score (nSPS) is 26.0. The Morgan fingerprint density at radius 1 is 0.925 bits per heavy atom. The van der Waals surface area contributed by atoms with Gasteiger partial charge in [0.25, 0.3) is 0 Å². The number of nitrogens with zero attached hydrogens (tertiary/aromatic N) is 8. The van der Waals surface area contributed by atoms with Crippen molar-refractivity contribution in [3.63, 3.8) is 0 Å². The molecule has 3 aliphatic heterocycles. The van der Waals surface area contributed by atoms with E-state index in [0.717, 1.165) is 90.5 Å². The van der Waals surface area contributed by atoms with Crippen LogP contribution in [0.4, 0.5) is 17.5 Å². The molecule has 6 N–H and O–H groups in total. The number of carbonyl (C=O) groups is 3. The first-order valence-corrected chi connectivity index (χ1v) is 24.3. The van der Waals surface area contributed by atoms with Crippen LogP contribution in [0.15, 0.2) is 72.5 Å². The monoisotopic (exact) mass is 925 g/mol. The van der Waals surface area contributed by atoms with Gasteiger partial charge in [0.15, 0.2) is 5.82 Å². The van der Waals surface area contributed by atoms with Crippen molar-refractivity contribution < 1.29 is 24.6 Å². The van der Waals surface area contributed by atoms with Crippen molar-refractivity contribution in [3.8, 4) is 27.4 Å². The smallest absolute Gasteiger partial charge is 0.246 e. The van der Waals surface area contributed by atoms with Gasteiger partial charge < -0.3 is 41.3 Å². The molecule has 2 aliphatic carbocycles. The minimum Gasteiger partial charge on any atom is -0.507 e. The van der Waals surface area contributed by atoms with Gasteiger partial charge >= 0.3 is 0 Å². The molecule has 3 amide bonds. The number of likely N-dealkylation sites (tertiary alicyclic amines) is 1. The first kappa shape index (κ1) is 44.6. The lowest BCUT2D eigenvalue weighted by Gasteiger charge is -2.57. The van der Waals surface area contributed by atoms with E-state index in [4.69, 9.17) is 15.7 Å². The SMILES string of the molecule is Cc1ncsc1-c1ccc(CNC(=O)[C@@H]2C[C@@H](O)CN2C(=O)[C@@H](NC(=O)C2CC3(C2)CC(c2cnc(N4C5CCC4CN(c4cc(-c6ccccc6O)nnc4N)C5)nc2)C3)C(C)(C)C)cc1. The second-order valence-electron chi connectivity index (χ2n) is 20.6. The number of piperazine rings is 1. The van der Waals surface area contributed by atoms with E-state index in [1.807, 2.05) is 88.1 Å². The number of thiazole rings is 1. The van der Waals surface area contributed by atoms with Gasteiger partial charge in [0.2, 0.25) is 23.7 Å². The third-order valence-corrected chi connectivity index (χ3v) is 15.9. The Labute approximate surface area is 394 Å². The summed E-state index contributed by atoms with van der Waals surface area (Å²) in [5.41, 5.74) is 13.7. The minimum absolute atomic E-state index is 0.0299. The molecule has 3 aromatic heterocycles. The largest absolute Gasteiger partial charge is 0.507 e. The van der Waals surface area contributed by atoms with E-state index >= 15 is 0 Å². The molecule has 1 spiro atoms. The summed E-state index contributed by atoms with van der Waals surface area (Å²) in [6.07, 6.45) is 8.74. The van der Waals surface area contributed by atoms with E-state index in [1.54, 1.807) is 23.5 Å². The molecule has 16 nitrogen and oxygen atoms in total. The number of amides is 3. The number of aliphatic hydroxyl groups excluding tert-OH is 1. The lowest BCUT2D eigenvalue weighted by molar-refractivity contribution is -0.148. The number of hydrogen-bond acceptors (Lipinski definition) is 14. The van der Waals surface area contributed by atoms with Gasteiger partial charge in [-0.25, -0.2) is 15.0 Å². The molecule has 17 heteroatoms. The van der Waals surface area contributed by atoms with E-state index in [-0.39, 0.29) is 66.4 Å². The highest BCUT2D eigenvalue weighted by atomic mass is 32.1. The molecule has 2 aromatic carbocycles. The quantitative estimate of drug-likeness (QED) is 0.109. The molecular formula is C50H59N11O5S. The summed E-state index contributed by atoms with van der Waals surface area (Å²) >= 11 is 1.59. The lowest BCUT2D eigenvalue weighted by Crippen LogP contribution is -2.60. The molecule has 5 fully saturated rings. The number of fused-ring (bicyclic) bond motifs is 2. The molecule has 350 valence electrons. The number of anilines is 3. The first-order chi connectivity index (χ1) is 32.1. The molecule has 2 bridgehead atoms. The number of phenols is 1. The molecular weight excluding hydrogens is 867 g/mol. The van der Waals surface area contributed by atoms with E-state index in [2.05, 4.69) is 35.6 Å². The summed E-state index contributed by atoms with van der Waals surface area (Å²) in [6, 6.07) is 15.7. The van der Waals surface area contributed by atoms with Gasteiger partial charge in [-0.1, -0.05) is 57.2 Å². The number of aromatic hydroxyl groups is 1. The number of nitrogens with two attached hydrogens (primary N) is 1. The maximum atomic E-state index is 14.3. The van der Waals surface area contributed by atoms with E-state index in [0.29, 0.717) is 23.0 Å². The van der Waals surface area contributed by atoms with E-state index in [1.165, 1.54) is 4.90 Å². The highest BCUT2D eigenvalue weighted by Gasteiger charge is 2.56. The van der Waals surface area contributed by atoms with Crippen LogP contribution in [0.2, 0.25) is 0 Å². The third-order valence-electron chi connectivity index (χ3n) is 14.9. The molecule has 67 heavy (non-hydrogen) atoms. The number of para-hydroxylation sites is 1.